The lowest BCUT2D eigenvalue weighted by molar-refractivity contribution is -0.870. The zero-order chi connectivity index (χ0) is 44.1. The number of likely N-dealkylation sites (N-methyl/N-ethyl adjacent to an activating group) is 1. The molecule has 60 heavy (non-hydrogen) atoms. The number of rotatable bonds is 50. The van der Waals surface area contributed by atoms with Crippen LogP contribution in [0.25, 0.3) is 0 Å². The number of nitrogens with zero attached hydrogens (tertiary/aromatic N) is 1. The summed E-state index contributed by atoms with van der Waals surface area (Å²) in [6.45, 7) is 5.71. The number of carbonyl (C=O) groups excluding carboxylic acids is 1. The van der Waals surface area contributed by atoms with Gasteiger partial charge in [0.05, 0.1) is 34.4 Å². The molecule has 0 aliphatic heterocycles. The minimum absolute atomic E-state index is 0.0942. The highest BCUT2D eigenvalue weighted by molar-refractivity contribution is 7.47. The molecule has 0 aromatic heterocycles. The molecule has 0 aliphatic rings. The fraction of sp³-hybridized carbons (Fsp3) is 0.980. The molecule has 0 aromatic rings. The topological polar surface area (TPSA) is 91.3 Å². The van der Waals surface area contributed by atoms with Crippen LogP contribution in [0.15, 0.2) is 0 Å². The summed E-state index contributed by atoms with van der Waals surface area (Å²) in [5.41, 5.74) is 0. The van der Waals surface area contributed by atoms with Gasteiger partial charge in [0.25, 0.3) is 0 Å². The standard InChI is InChI=1S/C51H104NO7P/c1-6-8-10-12-14-16-18-20-22-24-25-26-27-28-29-30-32-34-36-38-40-42-44-51(53)59-50(49-58-60(54,55)57-47-45-52(3,4)5)48-56-46-43-41-39-37-35-33-31-23-21-19-17-15-13-11-9-7-2/h50H,6-49H2,1-5H3/p+1. The molecule has 0 radical (unpaired) electrons. The van der Waals surface area contributed by atoms with Gasteiger partial charge in [-0.15, -0.1) is 0 Å². The Balaban J connectivity index is 4.05. The van der Waals surface area contributed by atoms with Gasteiger partial charge >= 0.3 is 13.8 Å². The van der Waals surface area contributed by atoms with Crippen molar-refractivity contribution in [2.45, 2.75) is 270 Å². The number of hydrogen-bond acceptors (Lipinski definition) is 6. The normalized spacial score (nSPS) is 13.5. The first-order valence-electron chi connectivity index (χ1n) is 26.3. The van der Waals surface area contributed by atoms with Crippen LogP contribution >= 0.6 is 7.82 Å². The maximum atomic E-state index is 12.8. The van der Waals surface area contributed by atoms with Gasteiger partial charge in [-0.3, -0.25) is 13.8 Å². The van der Waals surface area contributed by atoms with Gasteiger partial charge in [0.2, 0.25) is 0 Å². The summed E-state index contributed by atoms with van der Waals surface area (Å²) in [5, 5.41) is 0. The highest BCUT2D eigenvalue weighted by atomic mass is 31.2. The Morgan fingerprint density at radius 1 is 0.450 bits per heavy atom. The third-order valence-corrected chi connectivity index (χ3v) is 12.9. The van der Waals surface area contributed by atoms with Crippen molar-refractivity contribution in [3.8, 4) is 0 Å². The molecule has 9 heteroatoms. The Morgan fingerprint density at radius 3 is 1.10 bits per heavy atom. The predicted molar refractivity (Wildman–Crippen MR) is 257 cm³/mol. The van der Waals surface area contributed by atoms with Crippen LogP contribution in [0.2, 0.25) is 0 Å². The Kier molecular flexibility index (Phi) is 44.7. The van der Waals surface area contributed by atoms with Crippen LogP contribution in [0.1, 0.15) is 264 Å². The van der Waals surface area contributed by atoms with Crippen LogP contribution in [0.4, 0.5) is 0 Å². The summed E-state index contributed by atoms with van der Waals surface area (Å²) in [5.74, 6) is -0.304. The van der Waals surface area contributed by atoms with Crippen LogP contribution < -0.4 is 0 Å². The van der Waals surface area contributed by atoms with Gasteiger partial charge < -0.3 is 18.9 Å². The van der Waals surface area contributed by atoms with E-state index in [9.17, 15) is 14.3 Å². The Bertz CT molecular complexity index is 930. The van der Waals surface area contributed by atoms with Gasteiger partial charge in [-0.05, 0) is 12.8 Å². The summed E-state index contributed by atoms with van der Waals surface area (Å²) < 4.78 is 35.2. The van der Waals surface area contributed by atoms with Gasteiger partial charge in [-0.2, -0.15) is 0 Å². The minimum atomic E-state index is -4.27. The fourth-order valence-electron chi connectivity index (χ4n) is 7.85. The monoisotopic (exact) mass is 875 g/mol. The van der Waals surface area contributed by atoms with Crippen molar-refractivity contribution in [3.63, 3.8) is 0 Å². The maximum Gasteiger partial charge on any atom is 0.472 e. The summed E-state index contributed by atoms with van der Waals surface area (Å²) in [6, 6.07) is 0. The molecule has 2 atom stereocenters. The summed E-state index contributed by atoms with van der Waals surface area (Å²) in [4.78, 5) is 23.0. The maximum absolute atomic E-state index is 12.8. The molecule has 0 spiro atoms. The second-order valence-electron chi connectivity index (χ2n) is 19.3. The van der Waals surface area contributed by atoms with Crippen LogP contribution in [0.3, 0.4) is 0 Å². The third-order valence-electron chi connectivity index (χ3n) is 11.9. The zero-order valence-electron chi connectivity index (χ0n) is 41.0. The van der Waals surface area contributed by atoms with Crippen molar-refractivity contribution in [3.05, 3.63) is 0 Å². The Hall–Kier alpha value is -0.500. The molecule has 0 aromatic carbocycles. The van der Waals surface area contributed by atoms with E-state index in [1.807, 2.05) is 21.1 Å². The van der Waals surface area contributed by atoms with Crippen molar-refractivity contribution in [1.29, 1.82) is 0 Å². The molecular weight excluding hydrogens is 770 g/mol. The van der Waals surface area contributed by atoms with E-state index in [4.69, 9.17) is 18.5 Å². The number of phosphoric ester groups is 1. The molecule has 0 bridgehead atoms. The average molecular weight is 875 g/mol. The number of unbranched alkanes of at least 4 members (excludes halogenated alkanes) is 36. The first-order chi connectivity index (χ1) is 29.1. The highest BCUT2D eigenvalue weighted by Crippen LogP contribution is 2.43. The minimum Gasteiger partial charge on any atom is -0.457 e. The molecule has 0 fully saturated rings. The number of hydrogen-bond donors (Lipinski definition) is 1. The van der Waals surface area contributed by atoms with E-state index < -0.39 is 13.9 Å². The van der Waals surface area contributed by atoms with Crippen LogP contribution in [-0.2, 0) is 27.9 Å². The number of quaternary nitrogens is 1. The van der Waals surface area contributed by atoms with Crippen LogP contribution in [-0.4, -0.2) is 75.6 Å². The predicted octanol–water partition coefficient (Wildman–Crippen LogP) is 16.0. The largest absolute Gasteiger partial charge is 0.472 e. The Morgan fingerprint density at radius 2 is 0.767 bits per heavy atom. The van der Waals surface area contributed by atoms with E-state index in [1.165, 1.54) is 212 Å². The van der Waals surface area contributed by atoms with Crippen LogP contribution in [0, 0.1) is 0 Å². The Labute approximate surface area is 374 Å². The molecular formula is C51H105NO7P+. The van der Waals surface area contributed by atoms with Gasteiger partial charge in [0.15, 0.2) is 0 Å². The lowest BCUT2D eigenvalue weighted by Crippen LogP contribution is -2.37. The number of ether oxygens (including phenoxy) is 2. The molecule has 8 nitrogen and oxygen atoms in total. The van der Waals surface area contributed by atoms with Gasteiger partial charge in [-0.1, -0.05) is 245 Å². The molecule has 0 saturated carbocycles. The van der Waals surface area contributed by atoms with E-state index in [0.717, 1.165) is 32.1 Å². The van der Waals surface area contributed by atoms with Gasteiger partial charge in [0, 0.05) is 13.0 Å². The van der Waals surface area contributed by atoms with Crippen LogP contribution in [0.5, 0.6) is 0 Å². The summed E-state index contributed by atoms with van der Waals surface area (Å²) in [7, 11) is 1.69. The lowest BCUT2D eigenvalue weighted by atomic mass is 10.0. The third kappa shape index (κ3) is 48.5. The molecule has 1 N–H and O–H groups in total. The molecule has 0 amide bonds. The lowest BCUT2D eigenvalue weighted by Gasteiger charge is -2.24. The summed E-state index contributed by atoms with van der Waals surface area (Å²) in [6.07, 6.45) is 50.0. The second-order valence-corrected chi connectivity index (χ2v) is 20.7. The van der Waals surface area contributed by atoms with Crippen molar-refractivity contribution in [2.75, 3.05) is 54.1 Å². The first kappa shape index (κ1) is 59.5. The van der Waals surface area contributed by atoms with E-state index in [0.29, 0.717) is 24.1 Å². The smallest absolute Gasteiger partial charge is 0.457 e. The SMILES string of the molecule is CCCCCCCCCCCCCCCCCCCCCCCCC(=O)OC(COCCCCCCCCCCCCCCCCCC)COP(=O)(O)OCC[N+](C)(C)C. The van der Waals surface area contributed by atoms with Crippen molar-refractivity contribution >= 4 is 13.8 Å². The molecule has 0 aliphatic carbocycles. The van der Waals surface area contributed by atoms with Crippen molar-refractivity contribution < 1.29 is 37.3 Å². The molecule has 0 saturated heterocycles. The van der Waals surface area contributed by atoms with Crippen molar-refractivity contribution in [1.82, 2.24) is 0 Å². The van der Waals surface area contributed by atoms with Gasteiger partial charge in [-0.25, -0.2) is 4.57 Å². The quantitative estimate of drug-likeness (QED) is 0.0282. The number of phosphoric acid groups is 1. The molecule has 0 heterocycles. The number of carbonyl (C=O) groups is 1. The highest BCUT2D eigenvalue weighted by Gasteiger charge is 2.26. The number of esters is 1. The van der Waals surface area contributed by atoms with E-state index in [1.54, 1.807) is 0 Å². The zero-order valence-corrected chi connectivity index (χ0v) is 41.9. The molecule has 360 valence electrons. The van der Waals surface area contributed by atoms with Gasteiger partial charge in [0.1, 0.15) is 19.3 Å². The van der Waals surface area contributed by atoms with E-state index in [2.05, 4.69) is 13.8 Å². The molecule has 0 rings (SSSR count). The van der Waals surface area contributed by atoms with E-state index >= 15 is 0 Å². The van der Waals surface area contributed by atoms with Crippen molar-refractivity contribution in [2.24, 2.45) is 0 Å². The van der Waals surface area contributed by atoms with E-state index in [-0.39, 0.29) is 25.8 Å². The molecule has 2 unspecified atom stereocenters. The second kappa shape index (κ2) is 45.1. The fourth-order valence-corrected chi connectivity index (χ4v) is 8.59. The summed E-state index contributed by atoms with van der Waals surface area (Å²) >= 11 is 0. The average Bonchev–Trinajstić information content (AvgIpc) is 3.20. The first-order valence-corrected chi connectivity index (χ1v) is 27.8.